The van der Waals surface area contributed by atoms with Gasteiger partial charge in [0.2, 0.25) is 0 Å². The monoisotopic (exact) mass is 291 g/mol. The van der Waals surface area contributed by atoms with E-state index < -0.39 is 0 Å². The zero-order valence-corrected chi connectivity index (χ0v) is 11.8. The molecule has 0 saturated heterocycles. The standard InChI is InChI=1S/C14H11Cl2N3/c1-2-9-8-17-19-13(16)11(12(15)18-14(9)19)10-6-4-3-5-7-10/h3-8H,2H2,1H3. The van der Waals surface area contributed by atoms with Crippen molar-refractivity contribution in [2.45, 2.75) is 13.3 Å². The Balaban J connectivity index is 2.33. The zero-order chi connectivity index (χ0) is 13.4. The number of hydrogen-bond donors (Lipinski definition) is 0. The lowest BCUT2D eigenvalue weighted by Gasteiger charge is -2.08. The summed E-state index contributed by atoms with van der Waals surface area (Å²) >= 11 is 12.7. The number of fused-ring (bicyclic) bond motifs is 1. The molecule has 0 unspecified atom stereocenters. The largest absolute Gasteiger partial charge is 0.216 e. The number of hydrogen-bond acceptors (Lipinski definition) is 2. The quantitative estimate of drug-likeness (QED) is 0.660. The molecule has 0 radical (unpaired) electrons. The van der Waals surface area contributed by atoms with Crippen molar-refractivity contribution in [2.75, 3.05) is 0 Å². The molecule has 0 N–H and O–H groups in total. The second-order valence-electron chi connectivity index (χ2n) is 4.19. The van der Waals surface area contributed by atoms with Crippen molar-refractivity contribution in [3.63, 3.8) is 0 Å². The molecule has 0 aliphatic rings. The molecule has 2 aromatic heterocycles. The first kappa shape index (κ1) is 12.5. The van der Waals surface area contributed by atoms with Gasteiger partial charge >= 0.3 is 0 Å². The third-order valence-electron chi connectivity index (χ3n) is 3.06. The van der Waals surface area contributed by atoms with Crippen molar-refractivity contribution in [2.24, 2.45) is 0 Å². The van der Waals surface area contributed by atoms with Crippen LogP contribution in [0.4, 0.5) is 0 Å². The third kappa shape index (κ3) is 1.99. The van der Waals surface area contributed by atoms with E-state index in [2.05, 4.69) is 10.1 Å². The first-order chi connectivity index (χ1) is 9.22. The van der Waals surface area contributed by atoms with Gasteiger partial charge in [0.05, 0.1) is 11.8 Å². The minimum Gasteiger partial charge on any atom is -0.216 e. The van der Waals surface area contributed by atoms with E-state index in [1.54, 1.807) is 10.7 Å². The summed E-state index contributed by atoms with van der Waals surface area (Å²) in [7, 11) is 0. The Morgan fingerprint density at radius 2 is 1.89 bits per heavy atom. The summed E-state index contributed by atoms with van der Waals surface area (Å²) in [4.78, 5) is 4.43. The molecule has 3 rings (SSSR count). The molecule has 1 aromatic carbocycles. The minimum absolute atomic E-state index is 0.402. The van der Waals surface area contributed by atoms with Crippen molar-refractivity contribution in [3.05, 3.63) is 52.4 Å². The van der Waals surface area contributed by atoms with Crippen molar-refractivity contribution < 1.29 is 0 Å². The average Bonchev–Trinajstić information content (AvgIpc) is 2.83. The fraction of sp³-hybridized carbons (Fsp3) is 0.143. The van der Waals surface area contributed by atoms with Crippen LogP contribution >= 0.6 is 23.2 Å². The van der Waals surface area contributed by atoms with E-state index in [1.807, 2.05) is 37.3 Å². The molecule has 0 saturated carbocycles. The van der Waals surface area contributed by atoms with Crippen molar-refractivity contribution in [1.82, 2.24) is 14.6 Å². The van der Waals surface area contributed by atoms with Gasteiger partial charge < -0.3 is 0 Å². The van der Waals surface area contributed by atoms with Crippen LogP contribution in [0.25, 0.3) is 16.8 Å². The van der Waals surface area contributed by atoms with Crippen LogP contribution < -0.4 is 0 Å². The second kappa shape index (κ2) is 4.83. The number of nitrogens with zero attached hydrogens (tertiary/aromatic N) is 3. The number of aryl methyl sites for hydroxylation is 1. The van der Waals surface area contributed by atoms with Gasteiger partial charge in [-0.2, -0.15) is 5.10 Å². The van der Waals surface area contributed by atoms with E-state index >= 15 is 0 Å². The Bertz CT molecular complexity index is 735. The Labute approximate surface area is 120 Å². The Kier molecular flexibility index (Phi) is 3.17. The van der Waals surface area contributed by atoms with Crippen LogP contribution in [-0.4, -0.2) is 14.6 Å². The van der Waals surface area contributed by atoms with Gasteiger partial charge in [-0.05, 0) is 12.0 Å². The lowest BCUT2D eigenvalue weighted by atomic mass is 10.1. The summed E-state index contributed by atoms with van der Waals surface area (Å²) in [5, 5.41) is 5.17. The highest BCUT2D eigenvalue weighted by Gasteiger charge is 2.16. The maximum absolute atomic E-state index is 6.43. The summed E-state index contributed by atoms with van der Waals surface area (Å²) < 4.78 is 1.63. The number of halogens is 2. The van der Waals surface area contributed by atoms with Crippen molar-refractivity contribution in [3.8, 4) is 11.1 Å². The summed E-state index contributed by atoms with van der Waals surface area (Å²) in [6.45, 7) is 2.05. The van der Waals surface area contributed by atoms with Crippen LogP contribution in [0, 0.1) is 0 Å². The van der Waals surface area contributed by atoms with E-state index in [0.717, 1.165) is 23.2 Å². The van der Waals surface area contributed by atoms with E-state index in [0.29, 0.717) is 15.9 Å². The van der Waals surface area contributed by atoms with Gasteiger partial charge in [-0.15, -0.1) is 0 Å². The molecule has 0 spiro atoms. The molecule has 2 heterocycles. The summed E-state index contributed by atoms with van der Waals surface area (Å²) in [5.74, 6) is 0. The van der Waals surface area contributed by atoms with E-state index in [9.17, 15) is 0 Å². The van der Waals surface area contributed by atoms with Crippen molar-refractivity contribution >= 4 is 28.8 Å². The van der Waals surface area contributed by atoms with Crippen LogP contribution in [0.15, 0.2) is 36.5 Å². The number of rotatable bonds is 2. The van der Waals surface area contributed by atoms with Gasteiger partial charge in [-0.25, -0.2) is 9.50 Å². The molecule has 0 amide bonds. The summed E-state index contributed by atoms with van der Waals surface area (Å²) in [6, 6.07) is 9.72. The molecule has 3 aromatic rings. The first-order valence-electron chi connectivity index (χ1n) is 5.99. The lowest BCUT2D eigenvalue weighted by Crippen LogP contribution is -1.97. The average molecular weight is 292 g/mol. The Hall–Kier alpha value is -1.58. The predicted molar refractivity (Wildman–Crippen MR) is 77.8 cm³/mol. The Morgan fingerprint density at radius 1 is 1.16 bits per heavy atom. The lowest BCUT2D eigenvalue weighted by molar-refractivity contribution is 0.942. The van der Waals surface area contributed by atoms with Gasteiger partial charge in [0.1, 0.15) is 10.3 Å². The SMILES string of the molecule is CCc1cnn2c(Cl)c(-c3ccccc3)c(Cl)nc12. The fourth-order valence-corrected chi connectivity index (χ4v) is 2.72. The van der Waals surface area contributed by atoms with Gasteiger partial charge in [0, 0.05) is 5.56 Å². The van der Waals surface area contributed by atoms with Crippen LogP contribution in [0.2, 0.25) is 10.3 Å². The molecule has 0 fully saturated rings. The molecule has 3 nitrogen and oxygen atoms in total. The van der Waals surface area contributed by atoms with E-state index in [1.165, 1.54) is 0 Å². The van der Waals surface area contributed by atoms with Crippen LogP contribution in [-0.2, 0) is 6.42 Å². The minimum atomic E-state index is 0.402. The normalized spacial score (nSPS) is 11.1. The molecular formula is C14H11Cl2N3. The number of benzene rings is 1. The highest BCUT2D eigenvalue weighted by Crippen LogP contribution is 2.34. The summed E-state index contributed by atoms with van der Waals surface area (Å²) in [6.07, 6.45) is 2.62. The zero-order valence-electron chi connectivity index (χ0n) is 10.3. The van der Waals surface area contributed by atoms with Gasteiger partial charge in [-0.3, -0.25) is 0 Å². The Morgan fingerprint density at radius 3 is 2.58 bits per heavy atom. The molecule has 0 atom stereocenters. The van der Waals surface area contributed by atoms with E-state index in [-0.39, 0.29) is 0 Å². The topological polar surface area (TPSA) is 30.2 Å². The van der Waals surface area contributed by atoms with Crippen LogP contribution in [0.5, 0.6) is 0 Å². The molecule has 96 valence electrons. The maximum atomic E-state index is 6.43. The van der Waals surface area contributed by atoms with Crippen LogP contribution in [0.1, 0.15) is 12.5 Å². The molecule has 0 bridgehead atoms. The first-order valence-corrected chi connectivity index (χ1v) is 6.75. The van der Waals surface area contributed by atoms with Crippen molar-refractivity contribution in [1.29, 1.82) is 0 Å². The fourth-order valence-electron chi connectivity index (χ4n) is 2.07. The molecule has 0 aliphatic heterocycles. The molecule has 19 heavy (non-hydrogen) atoms. The highest BCUT2D eigenvalue weighted by atomic mass is 35.5. The van der Waals surface area contributed by atoms with Gasteiger partial charge in [0.15, 0.2) is 5.65 Å². The molecule has 0 aliphatic carbocycles. The second-order valence-corrected chi connectivity index (χ2v) is 4.91. The smallest absolute Gasteiger partial charge is 0.161 e. The third-order valence-corrected chi connectivity index (χ3v) is 3.69. The predicted octanol–water partition coefficient (Wildman–Crippen LogP) is 4.27. The summed E-state index contributed by atoms with van der Waals surface area (Å²) in [5.41, 5.74) is 3.39. The van der Waals surface area contributed by atoms with Gasteiger partial charge in [0.25, 0.3) is 0 Å². The highest BCUT2D eigenvalue weighted by molar-refractivity contribution is 6.38. The molecule has 5 heteroatoms. The number of aromatic nitrogens is 3. The van der Waals surface area contributed by atoms with Crippen LogP contribution in [0.3, 0.4) is 0 Å². The van der Waals surface area contributed by atoms with E-state index in [4.69, 9.17) is 23.2 Å². The maximum Gasteiger partial charge on any atom is 0.161 e. The van der Waals surface area contributed by atoms with Gasteiger partial charge in [-0.1, -0.05) is 60.5 Å². The molecular weight excluding hydrogens is 281 g/mol.